The normalized spacial score (nSPS) is 23.9. The predicted molar refractivity (Wildman–Crippen MR) is 78.6 cm³/mol. The number of amides is 2. The van der Waals surface area contributed by atoms with Gasteiger partial charge in [0, 0.05) is 19.1 Å². The van der Waals surface area contributed by atoms with Gasteiger partial charge in [0.2, 0.25) is 0 Å². The van der Waals surface area contributed by atoms with Crippen LogP contribution in [0.2, 0.25) is 0 Å². The summed E-state index contributed by atoms with van der Waals surface area (Å²) in [4.78, 5) is 25.3. The maximum atomic E-state index is 12.2. The first-order valence-corrected chi connectivity index (χ1v) is 7.59. The van der Waals surface area contributed by atoms with Gasteiger partial charge in [-0.15, -0.1) is 0 Å². The SMILES string of the molecule is CCCC1(C(=O)O)CCN(C(=O)NC(C)CC(C)C)C1. The molecule has 1 aliphatic rings. The number of likely N-dealkylation sites (tertiary alicyclic amines) is 1. The average Bonchev–Trinajstić information content (AvgIpc) is 2.74. The molecule has 20 heavy (non-hydrogen) atoms. The number of nitrogens with one attached hydrogen (secondary N) is 1. The lowest BCUT2D eigenvalue weighted by atomic mass is 9.83. The van der Waals surface area contributed by atoms with Crippen molar-refractivity contribution in [2.75, 3.05) is 13.1 Å². The quantitative estimate of drug-likeness (QED) is 0.788. The monoisotopic (exact) mass is 284 g/mol. The fourth-order valence-corrected chi connectivity index (χ4v) is 3.08. The zero-order valence-electron chi connectivity index (χ0n) is 13.1. The Morgan fingerprint density at radius 1 is 1.35 bits per heavy atom. The van der Waals surface area contributed by atoms with E-state index in [-0.39, 0.29) is 12.1 Å². The largest absolute Gasteiger partial charge is 0.481 e. The van der Waals surface area contributed by atoms with E-state index in [1.54, 1.807) is 4.90 Å². The van der Waals surface area contributed by atoms with E-state index in [0.717, 1.165) is 12.8 Å². The van der Waals surface area contributed by atoms with Crippen LogP contribution in [0.1, 0.15) is 53.4 Å². The second-order valence-corrected chi connectivity index (χ2v) is 6.49. The van der Waals surface area contributed by atoms with E-state index >= 15 is 0 Å². The summed E-state index contributed by atoms with van der Waals surface area (Å²) in [5.41, 5.74) is -0.743. The second kappa shape index (κ2) is 6.95. The van der Waals surface area contributed by atoms with Crippen LogP contribution in [0, 0.1) is 11.3 Å². The van der Waals surface area contributed by atoms with Gasteiger partial charge in [0.05, 0.1) is 5.41 Å². The highest BCUT2D eigenvalue weighted by Gasteiger charge is 2.45. The van der Waals surface area contributed by atoms with E-state index in [4.69, 9.17) is 0 Å². The van der Waals surface area contributed by atoms with Gasteiger partial charge in [-0.05, 0) is 32.1 Å². The summed E-state index contributed by atoms with van der Waals surface area (Å²) < 4.78 is 0. The zero-order valence-corrected chi connectivity index (χ0v) is 13.1. The average molecular weight is 284 g/mol. The van der Waals surface area contributed by atoms with Crippen molar-refractivity contribution in [3.05, 3.63) is 0 Å². The Bertz CT molecular complexity index is 357. The summed E-state index contributed by atoms with van der Waals surface area (Å²) in [5.74, 6) is -0.244. The van der Waals surface area contributed by atoms with E-state index in [1.165, 1.54) is 0 Å². The minimum atomic E-state index is -0.773. The summed E-state index contributed by atoms with van der Waals surface area (Å²) in [6.45, 7) is 9.08. The van der Waals surface area contributed by atoms with Gasteiger partial charge >= 0.3 is 12.0 Å². The third kappa shape index (κ3) is 4.12. The summed E-state index contributed by atoms with van der Waals surface area (Å²) >= 11 is 0. The van der Waals surface area contributed by atoms with Gasteiger partial charge in [0.1, 0.15) is 0 Å². The lowest BCUT2D eigenvalue weighted by Crippen LogP contribution is -2.45. The van der Waals surface area contributed by atoms with E-state index in [2.05, 4.69) is 19.2 Å². The standard InChI is InChI=1S/C15H28N2O3/c1-5-6-15(13(18)19)7-8-17(10-15)14(20)16-12(4)9-11(2)3/h11-12H,5-10H2,1-4H3,(H,16,20)(H,18,19). The molecule has 0 aliphatic carbocycles. The highest BCUT2D eigenvalue weighted by atomic mass is 16.4. The Labute approximate surface area is 121 Å². The van der Waals surface area contributed by atoms with E-state index in [9.17, 15) is 14.7 Å². The second-order valence-electron chi connectivity index (χ2n) is 6.49. The molecule has 116 valence electrons. The summed E-state index contributed by atoms with van der Waals surface area (Å²) in [6.07, 6.45) is 2.94. The Hall–Kier alpha value is -1.26. The van der Waals surface area contributed by atoms with Gasteiger partial charge < -0.3 is 15.3 Å². The Balaban J connectivity index is 2.58. The minimum absolute atomic E-state index is 0.119. The molecule has 2 N–H and O–H groups in total. The fraction of sp³-hybridized carbons (Fsp3) is 0.867. The first-order valence-electron chi connectivity index (χ1n) is 7.59. The van der Waals surface area contributed by atoms with Gasteiger partial charge in [0.25, 0.3) is 0 Å². The van der Waals surface area contributed by atoms with Crippen LogP contribution in [-0.4, -0.2) is 41.1 Å². The number of urea groups is 1. The summed E-state index contributed by atoms with van der Waals surface area (Å²) in [7, 11) is 0. The van der Waals surface area contributed by atoms with Crippen LogP contribution in [0.5, 0.6) is 0 Å². The third-order valence-electron chi connectivity index (χ3n) is 4.02. The molecule has 0 saturated carbocycles. The van der Waals surface area contributed by atoms with Crippen LogP contribution in [0.3, 0.4) is 0 Å². The molecule has 1 rings (SSSR count). The molecular weight excluding hydrogens is 256 g/mol. The van der Waals surface area contributed by atoms with Crippen molar-refractivity contribution in [1.82, 2.24) is 10.2 Å². The molecule has 5 heteroatoms. The maximum absolute atomic E-state index is 12.2. The number of carbonyl (C=O) groups is 2. The molecular formula is C15H28N2O3. The number of nitrogens with zero attached hydrogens (tertiary/aromatic N) is 1. The predicted octanol–water partition coefficient (Wildman–Crippen LogP) is 2.71. The van der Waals surface area contributed by atoms with Gasteiger partial charge in [-0.3, -0.25) is 4.79 Å². The van der Waals surface area contributed by atoms with Gasteiger partial charge in [-0.2, -0.15) is 0 Å². The first kappa shape index (κ1) is 16.8. The van der Waals surface area contributed by atoms with Gasteiger partial charge in [0.15, 0.2) is 0 Å². The van der Waals surface area contributed by atoms with Crippen molar-refractivity contribution in [2.45, 2.75) is 59.4 Å². The molecule has 0 radical (unpaired) electrons. The van der Waals surface area contributed by atoms with Crippen molar-refractivity contribution in [3.8, 4) is 0 Å². The molecule has 2 amide bonds. The smallest absolute Gasteiger partial charge is 0.317 e. The number of rotatable bonds is 6. The lowest BCUT2D eigenvalue weighted by Gasteiger charge is -2.25. The molecule has 0 bridgehead atoms. The number of hydrogen-bond donors (Lipinski definition) is 2. The Morgan fingerprint density at radius 3 is 2.50 bits per heavy atom. The van der Waals surface area contributed by atoms with Crippen molar-refractivity contribution in [1.29, 1.82) is 0 Å². The number of hydrogen-bond acceptors (Lipinski definition) is 2. The molecule has 1 heterocycles. The highest BCUT2D eigenvalue weighted by Crippen LogP contribution is 2.35. The molecule has 2 atom stereocenters. The summed E-state index contributed by atoms with van der Waals surface area (Å²) in [5, 5.41) is 12.4. The Kier molecular flexibility index (Phi) is 5.84. The molecule has 1 fully saturated rings. The van der Waals surface area contributed by atoms with Crippen molar-refractivity contribution >= 4 is 12.0 Å². The van der Waals surface area contributed by atoms with Crippen molar-refractivity contribution < 1.29 is 14.7 Å². The number of carboxylic acids is 1. The highest BCUT2D eigenvalue weighted by molar-refractivity contribution is 5.79. The topological polar surface area (TPSA) is 69.6 Å². The number of carbonyl (C=O) groups excluding carboxylic acids is 1. The molecule has 2 unspecified atom stereocenters. The van der Waals surface area contributed by atoms with Crippen LogP contribution in [0.15, 0.2) is 0 Å². The summed E-state index contributed by atoms with van der Waals surface area (Å²) in [6, 6.07) is -0.00844. The molecule has 0 spiro atoms. The zero-order chi connectivity index (χ0) is 15.3. The van der Waals surface area contributed by atoms with Crippen LogP contribution < -0.4 is 5.32 Å². The van der Waals surface area contributed by atoms with Crippen LogP contribution in [-0.2, 0) is 4.79 Å². The third-order valence-corrected chi connectivity index (χ3v) is 4.02. The molecule has 1 saturated heterocycles. The van der Waals surface area contributed by atoms with Crippen LogP contribution in [0.25, 0.3) is 0 Å². The minimum Gasteiger partial charge on any atom is -0.481 e. The van der Waals surface area contributed by atoms with E-state index in [0.29, 0.717) is 31.8 Å². The number of carboxylic acid groups (broad SMARTS) is 1. The molecule has 0 aromatic rings. The molecule has 0 aromatic heterocycles. The van der Waals surface area contributed by atoms with E-state index in [1.807, 2.05) is 13.8 Å². The Morgan fingerprint density at radius 2 is 2.00 bits per heavy atom. The lowest BCUT2D eigenvalue weighted by molar-refractivity contribution is -0.148. The van der Waals surface area contributed by atoms with Crippen LogP contribution in [0.4, 0.5) is 4.79 Å². The first-order chi connectivity index (χ1) is 9.30. The van der Waals surface area contributed by atoms with Crippen molar-refractivity contribution in [2.24, 2.45) is 11.3 Å². The van der Waals surface area contributed by atoms with Crippen molar-refractivity contribution in [3.63, 3.8) is 0 Å². The van der Waals surface area contributed by atoms with Gasteiger partial charge in [-0.1, -0.05) is 27.2 Å². The van der Waals surface area contributed by atoms with Crippen LogP contribution >= 0.6 is 0 Å². The molecule has 0 aromatic carbocycles. The van der Waals surface area contributed by atoms with Gasteiger partial charge in [-0.25, -0.2) is 4.79 Å². The molecule has 5 nitrogen and oxygen atoms in total. The number of aliphatic carboxylic acids is 1. The molecule has 1 aliphatic heterocycles. The maximum Gasteiger partial charge on any atom is 0.317 e. The fourth-order valence-electron chi connectivity index (χ4n) is 3.08. The van der Waals surface area contributed by atoms with E-state index < -0.39 is 11.4 Å².